The monoisotopic (exact) mass is 355 g/mol. The van der Waals surface area contributed by atoms with Crippen molar-refractivity contribution in [2.45, 2.75) is 12.8 Å². The zero-order valence-corrected chi connectivity index (χ0v) is 14.4. The number of carbonyl (C=O) groups is 2. The van der Waals surface area contributed by atoms with Crippen LogP contribution >= 0.6 is 12.4 Å². The Morgan fingerprint density at radius 3 is 2.08 bits per heavy atom. The lowest BCUT2D eigenvalue weighted by molar-refractivity contribution is -0.137. The maximum Gasteiger partial charge on any atom is 0.253 e. The lowest BCUT2D eigenvalue weighted by atomic mass is 9.96. The first kappa shape index (κ1) is 18.7. The Morgan fingerprint density at radius 2 is 1.50 bits per heavy atom. The number of rotatable bonds is 2. The summed E-state index contributed by atoms with van der Waals surface area (Å²) < 4.78 is 12.9. The van der Waals surface area contributed by atoms with Crippen molar-refractivity contribution < 1.29 is 14.0 Å². The molecule has 132 valence electrons. The fourth-order valence-corrected chi connectivity index (χ4v) is 3.23. The largest absolute Gasteiger partial charge is 0.339 e. The highest BCUT2D eigenvalue weighted by atomic mass is 35.5. The van der Waals surface area contributed by atoms with Crippen LogP contribution in [0.1, 0.15) is 23.2 Å². The van der Waals surface area contributed by atoms with E-state index in [0.29, 0.717) is 31.7 Å². The molecule has 7 heteroatoms. The molecule has 0 unspecified atom stereocenters. The summed E-state index contributed by atoms with van der Waals surface area (Å²) in [4.78, 5) is 28.5. The summed E-state index contributed by atoms with van der Waals surface area (Å²) in [6, 6.07) is 5.60. The zero-order valence-electron chi connectivity index (χ0n) is 13.5. The quantitative estimate of drug-likeness (QED) is 0.875. The minimum Gasteiger partial charge on any atom is -0.339 e. The topological polar surface area (TPSA) is 52.7 Å². The van der Waals surface area contributed by atoms with Gasteiger partial charge in [0, 0.05) is 37.7 Å². The Morgan fingerprint density at radius 1 is 0.958 bits per heavy atom. The lowest BCUT2D eigenvalue weighted by Crippen LogP contribution is -2.52. The van der Waals surface area contributed by atoms with Gasteiger partial charge in [0.1, 0.15) is 5.82 Å². The van der Waals surface area contributed by atoms with Crippen molar-refractivity contribution >= 4 is 24.2 Å². The van der Waals surface area contributed by atoms with E-state index in [9.17, 15) is 14.0 Å². The van der Waals surface area contributed by atoms with Crippen LogP contribution in [-0.2, 0) is 4.79 Å². The average Bonchev–Trinajstić information content (AvgIpc) is 2.62. The summed E-state index contributed by atoms with van der Waals surface area (Å²) in [7, 11) is 0. The molecule has 0 aliphatic carbocycles. The molecule has 24 heavy (non-hydrogen) atoms. The summed E-state index contributed by atoms with van der Waals surface area (Å²) in [6.45, 7) is 4.03. The minimum absolute atomic E-state index is 0. The molecule has 0 atom stereocenters. The number of hydrogen-bond donors (Lipinski definition) is 1. The molecular formula is C17H23ClFN3O2. The fraction of sp³-hybridized carbons (Fsp3) is 0.529. The van der Waals surface area contributed by atoms with Crippen LogP contribution in [0, 0.1) is 11.7 Å². The van der Waals surface area contributed by atoms with E-state index in [1.807, 2.05) is 4.90 Å². The highest BCUT2D eigenvalue weighted by molar-refractivity contribution is 5.94. The van der Waals surface area contributed by atoms with Gasteiger partial charge in [-0.15, -0.1) is 12.4 Å². The molecule has 0 saturated carbocycles. The van der Waals surface area contributed by atoms with Crippen molar-refractivity contribution in [3.8, 4) is 0 Å². The number of halogens is 2. The molecule has 2 aliphatic heterocycles. The van der Waals surface area contributed by atoms with E-state index < -0.39 is 0 Å². The van der Waals surface area contributed by atoms with Gasteiger partial charge in [-0.3, -0.25) is 9.59 Å². The van der Waals surface area contributed by atoms with Gasteiger partial charge >= 0.3 is 0 Å². The van der Waals surface area contributed by atoms with Gasteiger partial charge in [-0.2, -0.15) is 0 Å². The van der Waals surface area contributed by atoms with Crippen molar-refractivity contribution in [3.63, 3.8) is 0 Å². The van der Waals surface area contributed by atoms with Gasteiger partial charge in [0.15, 0.2) is 0 Å². The van der Waals surface area contributed by atoms with Crippen LogP contribution in [-0.4, -0.2) is 60.9 Å². The van der Waals surface area contributed by atoms with Crippen LogP contribution in [0.25, 0.3) is 0 Å². The van der Waals surface area contributed by atoms with E-state index in [0.717, 1.165) is 25.9 Å². The van der Waals surface area contributed by atoms with E-state index in [2.05, 4.69) is 5.32 Å². The number of benzene rings is 1. The van der Waals surface area contributed by atoms with Crippen LogP contribution in [0.15, 0.2) is 24.3 Å². The second kappa shape index (κ2) is 8.44. The van der Waals surface area contributed by atoms with Gasteiger partial charge < -0.3 is 15.1 Å². The normalized spacial score (nSPS) is 18.9. The number of nitrogens with zero attached hydrogens (tertiary/aromatic N) is 2. The molecule has 2 heterocycles. The molecule has 0 bridgehead atoms. The number of nitrogens with one attached hydrogen (secondary N) is 1. The number of carbonyl (C=O) groups excluding carboxylic acids is 2. The molecule has 0 radical (unpaired) electrons. The third-order valence-electron chi connectivity index (χ3n) is 4.66. The molecule has 5 nitrogen and oxygen atoms in total. The third-order valence-corrected chi connectivity index (χ3v) is 4.66. The molecule has 1 aromatic carbocycles. The van der Waals surface area contributed by atoms with Crippen molar-refractivity contribution in [1.82, 2.24) is 15.1 Å². The first-order valence-corrected chi connectivity index (χ1v) is 8.19. The molecule has 2 aliphatic rings. The summed E-state index contributed by atoms with van der Waals surface area (Å²) >= 11 is 0. The molecular weight excluding hydrogens is 333 g/mol. The van der Waals surface area contributed by atoms with Crippen LogP contribution in [0.5, 0.6) is 0 Å². The van der Waals surface area contributed by atoms with Gasteiger partial charge in [0.2, 0.25) is 5.91 Å². The zero-order chi connectivity index (χ0) is 16.2. The molecule has 2 saturated heterocycles. The summed E-state index contributed by atoms with van der Waals surface area (Å²) in [6.07, 6.45) is 1.79. The second-order valence-electron chi connectivity index (χ2n) is 6.15. The Balaban J connectivity index is 0.00000208. The number of piperidine rings is 1. The van der Waals surface area contributed by atoms with Gasteiger partial charge in [0.05, 0.1) is 0 Å². The van der Waals surface area contributed by atoms with Crippen molar-refractivity contribution in [1.29, 1.82) is 0 Å². The second-order valence-corrected chi connectivity index (χ2v) is 6.15. The first-order valence-electron chi connectivity index (χ1n) is 8.19. The van der Waals surface area contributed by atoms with Gasteiger partial charge in [-0.1, -0.05) is 0 Å². The smallest absolute Gasteiger partial charge is 0.253 e. The molecule has 3 rings (SSSR count). The lowest BCUT2D eigenvalue weighted by Gasteiger charge is -2.37. The molecule has 0 spiro atoms. The molecule has 1 aromatic rings. The number of amides is 2. The van der Waals surface area contributed by atoms with Crippen LogP contribution in [0.2, 0.25) is 0 Å². The van der Waals surface area contributed by atoms with Gasteiger partial charge in [-0.05, 0) is 50.2 Å². The van der Waals surface area contributed by atoms with E-state index in [1.54, 1.807) is 4.90 Å². The molecule has 0 aromatic heterocycles. The Bertz CT molecular complexity index is 568. The first-order chi connectivity index (χ1) is 11.1. The highest BCUT2D eigenvalue weighted by Gasteiger charge is 2.29. The van der Waals surface area contributed by atoms with Crippen molar-refractivity contribution in [2.24, 2.45) is 5.92 Å². The standard InChI is InChI=1S/C17H22FN3O2.ClH/c18-15-3-1-13(2-4-15)16(22)20-9-11-21(12-10-20)17(23)14-5-7-19-8-6-14;/h1-4,14,19H,5-12H2;1H. The van der Waals surface area contributed by atoms with E-state index >= 15 is 0 Å². The van der Waals surface area contributed by atoms with Crippen LogP contribution in [0.4, 0.5) is 4.39 Å². The minimum atomic E-state index is -0.348. The molecule has 1 N–H and O–H groups in total. The van der Waals surface area contributed by atoms with Crippen molar-refractivity contribution in [3.05, 3.63) is 35.6 Å². The number of piperazine rings is 1. The number of hydrogen-bond acceptors (Lipinski definition) is 3. The Kier molecular flexibility index (Phi) is 6.57. The van der Waals surface area contributed by atoms with Crippen molar-refractivity contribution in [2.75, 3.05) is 39.3 Å². The van der Waals surface area contributed by atoms with Crippen LogP contribution < -0.4 is 5.32 Å². The SMILES string of the molecule is Cl.O=C(c1ccc(F)cc1)N1CCN(C(=O)C2CCNCC2)CC1. The predicted octanol–water partition coefficient (Wildman–Crippen LogP) is 1.53. The third kappa shape index (κ3) is 4.24. The molecule has 2 fully saturated rings. The predicted molar refractivity (Wildman–Crippen MR) is 91.7 cm³/mol. The fourth-order valence-electron chi connectivity index (χ4n) is 3.23. The maximum atomic E-state index is 12.9. The summed E-state index contributed by atoms with van der Waals surface area (Å²) in [5.74, 6) is -0.103. The maximum absolute atomic E-state index is 12.9. The van der Waals surface area contributed by atoms with Crippen LogP contribution in [0.3, 0.4) is 0 Å². The Hall–Kier alpha value is -1.66. The Labute approximate surface area is 147 Å². The van der Waals surface area contributed by atoms with E-state index in [1.165, 1.54) is 24.3 Å². The van der Waals surface area contributed by atoms with E-state index in [4.69, 9.17) is 0 Å². The van der Waals surface area contributed by atoms with Gasteiger partial charge in [0.25, 0.3) is 5.91 Å². The van der Waals surface area contributed by atoms with Gasteiger partial charge in [-0.25, -0.2) is 4.39 Å². The van der Waals surface area contributed by atoms with E-state index in [-0.39, 0.29) is 36.0 Å². The summed E-state index contributed by atoms with van der Waals surface area (Å²) in [5.41, 5.74) is 0.490. The average molecular weight is 356 g/mol. The summed E-state index contributed by atoms with van der Waals surface area (Å²) in [5, 5.41) is 3.27. The highest BCUT2D eigenvalue weighted by Crippen LogP contribution is 2.17. The molecule has 2 amide bonds.